The van der Waals surface area contributed by atoms with Gasteiger partial charge < -0.3 is 10.3 Å². The van der Waals surface area contributed by atoms with E-state index in [0.29, 0.717) is 15.6 Å². The zero-order valence-corrected chi connectivity index (χ0v) is 9.72. The Hall–Kier alpha value is -1.66. The van der Waals surface area contributed by atoms with Gasteiger partial charge in [-0.15, -0.1) is 0 Å². The van der Waals surface area contributed by atoms with Crippen LogP contribution in [0.4, 0.5) is 0 Å². The summed E-state index contributed by atoms with van der Waals surface area (Å²) in [6, 6.07) is 7.73. The van der Waals surface area contributed by atoms with E-state index in [4.69, 9.17) is 5.11 Å². The molecule has 6 heteroatoms. The second kappa shape index (κ2) is 4.31. The van der Waals surface area contributed by atoms with Crippen LogP contribution in [0.3, 0.4) is 0 Å². The van der Waals surface area contributed by atoms with Crippen molar-refractivity contribution < 1.29 is 18.3 Å². The van der Waals surface area contributed by atoms with E-state index in [1.807, 2.05) is 0 Å². The molecule has 1 N–H and O–H groups in total. The van der Waals surface area contributed by atoms with Gasteiger partial charge in [0, 0.05) is 12.1 Å². The van der Waals surface area contributed by atoms with Gasteiger partial charge >= 0.3 is 0 Å². The minimum atomic E-state index is -3.56. The quantitative estimate of drug-likeness (QED) is 0.627. The summed E-state index contributed by atoms with van der Waals surface area (Å²) >= 11 is 0. The van der Waals surface area contributed by atoms with Gasteiger partial charge in [-0.25, -0.2) is 8.42 Å². The zero-order valence-electron chi connectivity index (χ0n) is 8.91. The molecule has 0 unspecified atom stereocenters. The molecule has 1 heterocycles. The zero-order chi connectivity index (χ0) is 12.5. The number of aliphatic hydroxyl groups is 1. The highest BCUT2D eigenvalue weighted by molar-refractivity contribution is 7.91. The predicted octanol–water partition coefficient (Wildman–Crippen LogP) is 0.239. The lowest BCUT2D eigenvalue weighted by atomic mass is 10.2. The Morgan fingerprint density at radius 2 is 1.94 bits per heavy atom. The number of fused-ring (bicyclic) bond motifs is 1. The summed E-state index contributed by atoms with van der Waals surface area (Å²) in [5, 5.41) is 20.6. The number of para-hydroxylation sites is 1. The number of hydrogen-bond acceptors (Lipinski definition) is 4. The summed E-state index contributed by atoms with van der Waals surface area (Å²) in [6.07, 6.45) is 1.16. The van der Waals surface area contributed by atoms with Gasteiger partial charge in [0.15, 0.2) is 16.0 Å². The summed E-state index contributed by atoms with van der Waals surface area (Å²) in [5.41, 5.74) is 0.298. The molecular weight excluding hydrogens is 242 g/mol. The van der Waals surface area contributed by atoms with Crippen molar-refractivity contribution in [2.45, 2.75) is 4.90 Å². The Morgan fingerprint density at radius 1 is 1.24 bits per heavy atom. The fraction of sp³-hybridized carbons (Fsp3) is 0.182. The molecule has 90 valence electrons. The normalized spacial score (nSPS) is 11.8. The summed E-state index contributed by atoms with van der Waals surface area (Å²) < 4.78 is 24.4. The highest BCUT2D eigenvalue weighted by Gasteiger charge is 2.19. The van der Waals surface area contributed by atoms with Crippen molar-refractivity contribution in [3.8, 4) is 0 Å². The third kappa shape index (κ3) is 2.09. The van der Waals surface area contributed by atoms with Crippen molar-refractivity contribution in [3.05, 3.63) is 41.7 Å². The van der Waals surface area contributed by atoms with Crippen molar-refractivity contribution in [2.75, 3.05) is 12.4 Å². The van der Waals surface area contributed by atoms with Crippen LogP contribution in [0.15, 0.2) is 41.4 Å². The average molecular weight is 253 g/mol. The molecule has 0 amide bonds. The molecule has 0 spiro atoms. The summed E-state index contributed by atoms with van der Waals surface area (Å²) in [5.74, 6) is -0.347. The first-order valence-corrected chi connectivity index (χ1v) is 6.66. The lowest BCUT2D eigenvalue weighted by Crippen LogP contribution is -2.27. The van der Waals surface area contributed by atoms with Gasteiger partial charge in [0.2, 0.25) is 5.52 Å². The van der Waals surface area contributed by atoms with Crippen LogP contribution in [0.5, 0.6) is 0 Å². The molecule has 5 nitrogen and oxygen atoms in total. The number of aromatic nitrogens is 1. The van der Waals surface area contributed by atoms with Crippen molar-refractivity contribution in [2.24, 2.45) is 0 Å². The number of aliphatic hydroxyl groups excluding tert-OH is 1. The van der Waals surface area contributed by atoms with E-state index in [1.165, 1.54) is 6.07 Å². The van der Waals surface area contributed by atoms with Gasteiger partial charge in [-0.05, 0) is 6.07 Å². The van der Waals surface area contributed by atoms with Gasteiger partial charge in [0.05, 0.1) is 22.6 Å². The van der Waals surface area contributed by atoms with Gasteiger partial charge in [-0.1, -0.05) is 12.1 Å². The van der Waals surface area contributed by atoms with Crippen LogP contribution in [-0.2, 0) is 9.84 Å². The van der Waals surface area contributed by atoms with Crippen LogP contribution in [0.2, 0.25) is 0 Å². The molecule has 0 bridgehead atoms. The SMILES string of the molecule is O=S(=O)(CCO)c1cc[n+]([O-])c2ccccc12. The molecule has 2 aromatic rings. The molecule has 0 aliphatic heterocycles. The molecule has 0 fully saturated rings. The molecule has 0 saturated heterocycles. The summed E-state index contributed by atoms with van der Waals surface area (Å²) in [6.45, 7) is -0.442. The number of nitrogens with zero attached hydrogens (tertiary/aromatic N) is 1. The number of rotatable bonds is 3. The Kier molecular flexibility index (Phi) is 2.99. The van der Waals surface area contributed by atoms with Gasteiger partial charge in [0.1, 0.15) is 0 Å². The topological polar surface area (TPSA) is 81.3 Å². The second-order valence-electron chi connectivity index (χ2n) is 3.57. The molecule has 2 rings (SSSR count). The molecular formula is C11H11NO4S. The van der Waals surface area contributed by atoms with Crippen molar-refractivity contribution in [3.63, 3.8) is 0 Å². The maximum Gasteiger partial charge on any atom is 0.225 e. The highest BCUT2D eigenvalue weighted by atomic mass is 32.2. The standard InChI is InChI=1S/C11H11NO4S/c13-7-8-17(15,16)11-5-6-12(14)10-4-2-1-3-9(10)11/h1-6,13H,7-8H2. The van der Waals surface area contributed by atoms with Crippen molar-refractivity contribution >= 4 is 20.7 Å². The number of pyridine rings is 1. The Labute approximate surface area is 98.4 Å². The summed E-state index contributed by atoms with van der Waals surface area (Å²) in [7, 11) is -3.56. The molecule has 0 atom stereocenters. The third-order valence-electron chi connectivity index (χ3n) is 2.46. The lowest BCUT2D eigenvalue weighted by molar-refractivity contribution is -0.577. The maximum atomic E-state index is 11.9. The molecule has 0 radical (unpaired) electrons. The number of hydrogen-bond donors (Lipinski definition) is 1. The average Bonchev–Trinajstić information content (AvgIpc) is 2.29. The van der Waals surface area contributed by atoms with Crippen LogP contribution in [0.1, 0.15) is 0 Å². The van der Waals surface area contributed by atoms with Gasteiger partial charge in [-0.2, -0.15) is 4.73 Å². The van der Waals surface area contributed by atoms with Crippen LogP contribution in [0, 0.1) is 5.21 Å². The first kappa shape index (κ1) is 11.8. The molecule has 0 saturated carbocycles. The van der Waals surface area contributed by atoms with E-state index in [0.717, 1.165) is 6.20 Å². The summed E-state index contributed by atoms with van der Waals surface area (Å²) in [4.78, 5) is 0.0780. The minimum Gasteiger partial charge on any atom is -0.618 e. The first-order valence-electron chi connectivity index (χ1n) is 5.01. The van der Waals surface area contributed by atoms with Crippen LogP contribution in [-0.4, -0.2) is 25.9 Å². The molecule has 0 aliphatic rings. The van der Waals surface area contributed by atoms with E-state index in [1.54, 1.807) is 24.3 Å². The van der Waals surface area contributed by atoms with Crippen LogP contribution in [0.25, 0.3) is 10.9 Å². The van der Waals surface area contributed by atoms with Crippen molar-refractivity contribution in [1.29, 1.82) is 0 Å². The van der Waals surface area contributed by atoms with E-state index >= 15 is 0 Å². The maximum absolute atomic E-state index is 11.9. The van der Waals surface area contributed by atoms with Crippen LogP contribution < -0.4 is 4.73 Å². The Morgan fingerprint density at radius 3 is 2.65 bits per heavy atom. The Bertz CT molecular complexity index is 652. The highest BCUT2D eigenvalue weighted by Crippen LogP contribution is 2.20. The van der Waals surface area contributed by atoms with E-state index < -0.39 is 16.4 Å². The number of sulfone groups is 1. The molecule has 0 aliphatic carbocycles. The fourth-order valence-corrected chi connectivity index (χ4v) is 2.92. The second-order valence-corrected chi connectivity index (χ2v) is 5.64. The fourth-order valence-electron chi connectivity index (χ4n) is 1.68. The molecule has 17 heavy (non-hydrogen) atoms. The molecule has 1 aromatic carbocycles. The first-order chi connectivity index (χ1) is 8.06. The minimum absolute atomic E-state index is 0.0780. The lowest BCUT2D eigenvalue weighted by Gasteiger charge is -2.07. The number of benzene rings is 1. The van der Waals surface area contributed by atoms with Crippen molar-refractivity contribution in [1.82, 2.24) is 0 Å². The Balaban J connectivity index is 2.76. The largest absolute Gasteiger partial charge is 0.618 e. The van der Waals surface area contributed by atoms with Gasteiger partial charge in [-0.3, -0.25) is 0 Å². The van der Waals surface area contributed by atoms with Crippen LogP contribution >= 0.6 is 0 Å². The van der Waals surface area contributed by atoms with E-state index in [-0.39, 0.29) is 10.6 Å². The predicted molar refractivity (Wildman–Crippen MR) is 62.0 cm³/mol. The van der Waals surface area contributed by atoms with E-state index in [9.17, 15) is 13.6 Å². The smallest absolute Gasteiger partial charge is 0.225 e. The third-order valence-corrected chi connectivity index (χ3v) is 4.21. The monoisotopic (exact) mass is 253 g/mol. The van der Waals surface area contributed by atoms with Gasteiger partial charge in [0.25, 0.3) is 0 Å². The van der Waals surface area contributed by atoms with E-state index in [2.05, 4.69) is 0 Å². The molecule has 1 aromatic heterocycles.